The minimum atomic E-state index is 0.876. The average Bonchev–Trinajstić information content (AvgIpc) is 3.65. The normalized spacial score (nSPS) is 11.8. The molecule has 0 unspecified atom stereocenters. The van der Waals surface area contributed by atoms with Crippen LogP contribution in [0.25, 0.3) is 33.4 Å². The molecule has 6 nitrogen and oxygen atoms in total. The zero-order chi connectivity index (χ0) is 26.7. The van der Waals surface area contributed by atoms with Crippen molar-refractivity contribution in [2.45, 2.75) is 0 Å². The highest BCUT2D eigenvalue weighted by Crippen LogP contribution is 2.21. The summed E-state index contributed by atoms with van der Waals surface area (Å²) in [4.78, 5) is 18.2. The van der Waals surface area contributed by atoms with Crippen LogP contribution in [0.1, 0.15) is 11.1 Å². The highest BCUT2D eigenvalue weighted by atomic mass is 15.1. The second kappa shape index (κ2) is 10.3. The summed E-state index contributed by atoms with van der Waals surface area (Å²) in [6, 6.07) is 40.7. The maximum Gasteiger partial charge on any atom is 0.100 e. The molecule has 0 bridgehead atoms. The fourth-order valence-corrected chi connectivity index (χ4v) is 4.69. The van der Waals surface area contributed by atoms with Crippen LogP contribution in [0, 0.1) is 0 Å². The molecule has 0 aliphatic carbocycles. The van der Waals surface area contributed by atoms with Gasteiger partial charge in [-0.3, -0.25) is 19.1 Å². The van der Waals surface area contributed by atoms with Crippen LogP contribution in [0.4, 0.5) is 11.4 Å². The Bertz CT molecular complexity index is 1830. The Kier molecular flexibility index (Phi) is 6.03. The number of imidazole rings is 2. The molecule has 40 heavy (non-hydrogen) atoms. The maximum atomic E-state index is 4.63. The van der Waals surface area contributed by atoms with Crippen molar-refractivity contribution in [3.05, 3.63) is 145 Å². The van der Waals surface area contributed by atoms with Gasteiger partial charge in [0, 0.05) is 23.8 Å². The maximum absolute atomic E-state index is 4.63. The molecule has 0 amide bonds. The van der Waals surface area contributed by atoms with Gasteiger partial charge in [-0.05, 0) is 83.9 Å². The van der Waals surface area contributed by atoms with E-state index in [-0.39, 0.29) is 0 Å². The first-order chi connectivity index (χ1) is 19.8. The largest absolute Gasteiger partial charge is 0.299 e. The van der Waals surface area contributed by atoms with Gasteiger partial charge < -0.3 is 0 Å². The van der Waals surface area contributed by atoms with Crippen LogP contribution in [-0.2, 0) is 0 Å². The van der Waals surface area contributed by atoms with Crippen LogP contribution in [0.5, 0.6) is 0 Å². The molecule has 0 fully saturated rings. The monoisotopic (exact) mass is 516 g/mol. The highest BCUT2D eigenvalue weighted by molar-refractivity contribution is 5.84. The number of aromatic nitrogens is 4. The summed E-state index contributed by atoms with van der Waals surface area (Å²) in [6.07, 6.45) is 7.46. The summed E-state index contributed by atoms with van der Waals surface area (Å²) in [7, 11) is 0. The number of fused-ring (bicyclic) bond motifs is 2. The van der Waals surface area contributed by atoms with Gasteiger partial charge >= 0.3 is 0 Å². The lowest BCUT2D eigenvalue weighted by atomic mass is 10.2. The standard InChI is InChI=1S/C34H24N6/c1-3-7-33-31(5-1)37-23-39(33)29-17-9-25(10-18-29)21-35-27-13-15-28(16-14-27)36-22-26-11-19-30(20-12-26)40-24-38-32-6-2-4-8-34(32)40/h1-24H. The van der Waals surface area contributed by atoms with Crippen molar-refractivity contribution in [1.29, 1.82) is 0 Å². The van der Waals surface area contributed by atoms with E-state index >= 15 is 0 Å². The van der Waals surface area contributed by atoms with Gasteiger partial charge in [0.2, 0.25) is 0 Å². The first kappa shape index (κ1) is 23.5. The van der Waals surface area contributed by atoms with E-state index in [0.717, 1.165) is 55.9 Å². The number of para-hydroxylation sites is 4. The van der Waals surface area contributed by atoms with E-state index in [2.05, 4.69) is 89.8 Å². The van der Waals surface area contributed by atoms with Gasteiger partial charge in [0.25, 0.3) is 0 Å². The van der Waals surface area contributed by atoms with E-state index in [0.29, 0.717) is 0 Å². The van der Waals surface area contributed by atoms with Crippen molar-refractivity contribution in [1.82, 2.24) is 19.1 Å². The third kappa shape index (κ3) is 4.70. The predicted molar refractivity (Wildman–Crippen MR) is 163 cm³/mol. The molecule has 2 aromatic heterocycles. The van der Waals surface area contributed by atoms with Gasteiger partial charge in [0.1, 0.15) is 12.7 Å². The predicted octanol–water partition coefficient (Wildman–Crippen LogP) is 7.87. The third-order valence-electron chi connectivity index (χ3n) is 6.82. The summed E-state index contributed by atoms with van der Waals surface area (Å²) in [5.41, 5.74) is 10.1. The molecule has 7 aromatic rings. The van der Waals surface area contributed by atoms with E-state index in [1.54, 1.807) is 0 Å². The second-order valence-electron chi connectivity index (χ2n) is 9.42. The van der Waals surface area contributed by atoms with Crippen LogP contribution < -0.4 is 0 Å². The molecular weight excluding hydrogens is 492 g/mol. The molecule has 0 radical (unpaired) electrons. The highest BCUT2D eigenvalue weighted by Gasteiger charge is 2.04. The van der Waals surface area contributed by atoms with Gasteiger partial charge in [-0.25, -0.2) is 9.97 Å². The van der Waals surface area contributed by atoms with Crippen molar-refractivity contribution in [3.8, 4) is 11.4 Å². The summed E-state index contributed by atoms with van der Waals surface area (Å²) in [5, 5.41) is 0. The zero-order valence-electron chi connectivity index (χ0n) is 21.5. The Morgan fingerprint density at radius 2 is 0.850 bits per heavy atom. The van der Waals surface area contributed by atoms with Gasteiger partial charge in [0.05, 0.1) is 33.4 Å². The molecule has 6 heteroatoms. The molecule has 2 heterocycles. The van der Waals surface area contributed by atoms with Crippen LogP contribution >= 0.6 is 0 Å². The van der Waals surface area contributed by atoms with Crippen LogP contribution in [0.15, 0.2) is 144 Å². The molecule has 190 valence electrons. The number of hydrogen-bond donors (Lipinski definition) is 0. The van der Waals surface area contributed by atoms with Crippen LogP contribution in [0.3, 0.4) is 0 Å². The first-order valence-corrected chi connectivity index (χ1v) is 13.0. The number of aliphatic imine (C=N–C) groups is 2. The molecule has 5 aromatic carbocycles. The lowest BCUT2D eigenvalue weighted by Gasteiger charge is -2.04. The van der Waals surface area contributed by atoms with Gasteiger partial charge in [-0.1, -0.05) is 48.5 Å². The summed E-state index contributed by atoms with van der Waals surface area (Å²) in [6.45, 7) is 0. The Balaban J connectivity index is 1.00. The first-order valence-electron chi connectivity index (χ1n) is 13.0. The Hall–Kier alpha value is -5.62. The molecule has 0 aliphatic rings. The van der Waals surface area contributed by atoms with E-state index in [9.17, 15) is 0 Å². The van der Waals surface area contributed by atoms with E-state index < -0.39 is 0 Å². The molecule has 0 spiro atoms. The fraction of sp³-hybridized carbons (Fsp3) is 0. The SMILES string of the molecule is C(=Nc1ccc(N=Cc2ccc(-n3cnc4ccccc43)cc2)cc1)c1ccc(-n2cnc3ccccc32)cc1. The number of hydrogen-bond acceptors (Lipinski definition) is 4. The number of benzene rings is 5. The molecule has 0 atom stereocenters. The van der Waals surface area contributed by atoms with Crippen LogP contribution in [0.2, 0.25) is 0 Å². The minimum absolute atomic E-state index is 0.876. The van der Waals surface area contributed by atoms with Crippen molar-refractivity contribution in [2.24, 2.45) is 9.98 Å². The van der Waals surface area contributed by atoms with Crippen molar-refractivity contribution < 1.29 is 0 Å². The Labute approximate surface area is 231 Å². The van der Waals surface area contributed by atoms with Gasteiger partial charge in [0.15, 0.2) is 0 Å². The molecule has 0 N–H and O–H groups in total. The quantitative estimate of drug-likeness (QED) is 0.211. The fourth-order valence-electron chi connectivity index (χ4n) is 4.69. The lowest BCUT2D eigenvalue weighted by molar-refractivity contribution is 1.09. The second-order valence-corrected chi connectivity index (χ2v) is 9.42. The van der Waals surface area contributed by atoms with E-state index in [1.165, 1.54) is 0 Å². The number of nitrogens with zero attached hydrogens (tertiary/aromatic N) is 6. The average molecular weight is 517 g/mol. The van der Waals surface area contributed by atoms with Crippen LogP contribution in [-0.4, -0.2) is 31.5 Å². The summed E-state index contributed by atoms with van der Waals surface area (Å²) < 4.78 is 4.18. The van der Waals surface area contributed by atoms with Gasteiger partial charge in [-0.2, -0.15) is 0 Å². The molecule has 7 rings (SSSR count). The van der Waals surface area contributed by atoms with Crippen molar-refractivity contribution >= 4 is 45.9 Å². The van der Waals surface area contributed by atoms with Crippen molar-refractivity contribution in [3.63, 3.8) is 0 Å². The molecular formula is C34H24N6. The molecule has 0 aliphatic heterocycles. The summed E-state index contributed by atoms with van der Waals surface area (Å²) >= 11 is 0. The zero-order valence-corrected chi connectivity index (χ0v) is 21.5. The molecule has 0 saturated heterocycles. The Morgan fingerprint density at radius 3 is 1.27 bits per heavy atom. The van der Waals surface area contributed by atoms with Gasteiger partial charge in [-0.15, -0.1) is 0 Å². The lowest BCUT2D eigenvalue weighted by Crippen LogP contribution is -1.92. The van der Waals surface area contributed by atoms with E-state index in [4.69, 9.17) is 0 Å². The number of rotatable bonds is 6. The third-order valence-corrected chi connectivity index (χ3v) is 6.82. The smallest absolute Gasteiger partial charge is 0.100 e. The Morgan fingerprint density at radius 1 is 0.450 bits per heavy atom. The molecule has 0 saturated carbocycles. The summed E-state index contributed by atoms with van der Waals surface area (Å²) in [5.74, 6) is 0. The van der Waals surface area contributed by atoms with Crippen molar-refractivity contribution in [2.75, 3.05) is 0 Å². The topological polar surface area (TPSA) is 60.4 Å². The van der Waals surface area contributed by atoms with E-state index in [1.807, 2.05) is 85.7 Å². The minimum Gasteiger partial charge on any atom is -0.299 e.